The molecular formula is C69H52BN3. The molecule has 3 nitrogen and oxygen atoms in total. The van der Waals surface area contributed by atoms with E-state index in [1.807, 2.05) is 13.8 Å². The molecule has 73 heavy (non-hydrogen) atoms. The fourth-order valence-corrected chi connectivity index (χ4v) is 15.3. The average molecular weight is 935 g/mol. The molecule has 2 aromatic heterocycles. The number of aromatic nitrogens is 2. The number of anilines is 3. The zero-order chi connectivity index (χ0) is 49.1. The van der Waals surface area contributed by atoms with E-state index in [2.05, 4.69) is 210 Å². The van der Waals surface area contributed by atoms with Gasteiger partial charge in [-0.05, 0) is 156 Å². The maximum absolute atomic E-state index is 9.49. The second-order valence-electron chi connectivity index (χ2n) is 22.6. The molecule has 0 spiro atoms. The third-order valence-electron chi connectivity index (χ3n) is 18.4. The van der Waals surface area contributed by atoms with Crippen molar-refractivity contribution in [3.63, 3.8) is 0 Å². The Morgan fingerprint density at radius 2 is 1.23 bits per heavy atom. The summed E-state index contributed by atoms with van der Waals surface area (Å²) in [6.07, 6.45) is 5.03. The Balaban J connectivity index is 1.08. The molecule has 17 rings (SSSR count). The maximum Gasteiger partial charge on any atom is 0.252 e. The van der Waals surface area contributed by atoms with Gasteiger partial charge < -0.3 is 14.0 Å². The first-order chi connectivity index (χ1) is 36.1. The lowest BCUT2D eigenvalue weighted by Gasteiger charge is -2.41. The number of hydrogen-bond donors (Lipinski definition) is 0. The van der Waals surface area contributed by atoms with E-state index in [4.69, 9.17) is 0 Å². The summed E-state index contributed by atoms with van der Waals surface area (Å²) in [5.41, 5.74) is 27.8. The van der Waals surface area contributed by atoms with E-state index in [1.165, 1.54) is 164 Å². The molecule has 0 N–H and O–H groups in total. The second kappa shape index (κ2) is 14.1. The Morgan fingerprint density at radius 3 is 2.04 bits per heavy atom. The first kappa shape index (κ1) is 39.5. The van der Waals surface area contributed by atoms with Crippen LogP contribution < -0.4 is 21.3 Å². The number of rotatable bonds is 4. The van der Waals surface area contributed by atoms with Gasteiger partial charge in [0.15, 0.2) is 0 Å². The number of nitrogens with zero attached hydrogens (tertiary/aromatic N) is 3. The molecule has 3 aliphatic carbocycles. The first-order valence-corrected chi connectivity index (χ1v) is 26.7. The number of para-hydroxylation sites is 1. The van der Waals surface area contributed by atoms with Gasteiger partial charge in [0, 0.05) is 56.6 Å². The summed E-state index contributed by atoms with van der Waals surface area (Å²) in [4.78, 5) is 2.56. The van der Waals surface area contributed by atoms with Crippen molar-refractivity contribution >= 4 is 94.5 Å². The van der Waals surface area contributed by atoms with Crippen LogP contribution in [0.25, 0.3) is 99.1 Å². The molecule has 346 valence electrons. The van der Waals surface area contributed by atoms with E-state index in [1.54, 1.807) is 0 Å². The van der Waals surface area contributed by atoms with Gasteiger partial charge in [0.05, 0.1) is 22.2 Å². The van der Waals surface area contributed by atoms with Crippen LogP contribution in [0.2, 0.25) is 0 Å². The molecule has 4 heterocycles. The third kappa shape index (κ3) is 5.07. The van der Waals surface area contributed by atoms with E-state index in [-0.39, 0.29) is 12.1 Å². The largest absolute Gasteiger partial charge is 0.311 e. The van der Waals surface area contributed by atoms with E-state index >= 15 is 0 Å². The Morgan fingerprint density at radius 1 is 0.521 bits per heavy atom. The molecule has 0 amide bonds. The molecule has 0 bridgehead atoms. The van der Waals surface area contributed by atoms with E-state index in [0.717, 1.165) is 16.9 Å². The molecular weight excluding hydrogens is 882 g/mol. The number of hydrogen-bond acceptors (Lipinski definition) is 1. The van der Waals surface area contributed by atoms with Gasteiger partial charge in [0.1, 0.15) is 0 Å². The van der Waals surface area contributed by atoms with Crippen LogP contribution in [0.5, 0.6) is 0 Å². The maximum atomic E-state index is 9.49. The van der Waals surface area contributed by atoms with Gasteiger partial charge in [-0.1, -0.05) is 174 Å². The lowest BCUT2D eigenvalue weighted by molar-refractivity contribution is 0.664. The Hall–Kier alpha value is -8.08. The van der Waals surface area contributed by atoms with E-state index in [0.29, 0.717) is 5.92 Å². The van der Waals surface area contributed by atoms with Crippen molar-refractivity contribution < 1.29 is 1.37 Å². The van der Waals surface area contributed by atoms with Crippen molar-refractivity contribution in [3.8, 4) is 44.8 Å². The minimum absolute atomic E-state index is 0.0661. The van der Waals surface area contributed by atoms with Crippen LogP contribution in [0, 0.1) is 0 Å². The van der Waals surface area contributed by atoms with Crippen molar-refractivity contribution in [1.82, 2.24) is 9.13 Å². The summed E-state index contributed by atoms with van der Waals surface area (Å²) in [5, 5.41) is 7.90. The fourth-order valence-electron chi connectivity index (χ4n) is 15.3. The van der Waals surface area contributed by atoms with Crippen LogP contribution in [0.1, 0.15) is 88.8 Å². The zero-order valence-corrected chi connectivity index (χ0v) is 41.6. The zero-order valence-electron chi connectivity index (χ0n) is 42.6. The predicted molar refractivity (Wildman–Crippen MR) is 309 cm³/mol. The lowest BCUT2D eigenvalue weighted by Crippen LogP contribution is -2.60. The minimum Gasteiger partial charge on any atom is -0.311 e. The quantitative estimate of drug-likeness (QED) is 0.160. The molecule has 12 aromatic rings. The summed E-state index contributed by atoms with van der Waals surface area (Å²) < 4.78 is 14.8. The molecule has 5 aliphatic rings. The van der Waals surface area contributed by atoms with Crippen LogP contribution in [-0.2, 0) is 5.41 Å². The standard InChI is InChI=1S/C69H52BN3/c1-39(2)42-29-32-57-55(35-42)70-56-36-43(40-16-8-9-17-40)34-53-52-31-30-51-48-23-12-13-26-54(48)69(3,4)65(51)68(52)73(67(53)56)61-38-45(37-60(66(61)70)71(57)44-19-6-5-7-20-44)72-58-27-15-25-50-47-22-11-10-21-46(47)49-24-14-18-41-28-33-59(72)64(62(41)49)63(50)58/h5-7,10-15,18-40H,8-9,16-17H2,1-4H3/i39D. The molecule has 0 radical (unpaired) electrons. The van der Waals surface area contributed by atoms with Crippen molar-refractivity contribution in [3.05, 3.63) is 204 Å². The highest BCUT2D eigenvalue weighted by molar-refractivity contribution is 7.00. The van der Waals surface area contributed by atoms with Gasteiger partial charge in [0.2, 0.25) is 0 Å². The number of benzene rings is 10. The van der Waals surface area contributed by atoms with Crippen molar-refractivity contribution in [2.45, 2.75) is 70.6 Å². The van der Waals surface area contributed by atoms with Crippen LogP contribution in [0.15, 0.2) is 182 Å². The monoisotopic (exact) mass is 934 g/mol. The molecule has 1 fully saturated rings. The summed E-state index contributed by atoms with van der Waals surface area (Å²) in [5.74, 6) is -0.251. The minimum atomic E-state index is -0.784. The van der Waals surface area contributed by atoms with Crippen LogP contribution >= 0.6 is 0 Å². The normalized spacial score (nSPS) is 15.9. The lowest BCUT2D eigenvalue weighted by atomic mass is 9.33. The van der Waals surface area contributed by atoms with Gasteiger partial charge >= 0.3 is 0 Å². The van der Waals surface area contributed by atoms with Crippen molar-refractivity contribution in [2.75, 3.05) is 4.90 Å². The highest BCUT2D eigenvalue weighted by Gasteiger charge is 2.46. The summed E-state index contributed by atoms with van der Waals surface area (Å²) in [6, 6.07) is 70.0. The van der Waals surface area contributed by atoms with Crippen LogP contribution in [0.4, 0.5) is 17.1 Å². The molecule has 1 saturated carbocycles. The molecule has 0 saturated heterocycles. The SMILES string of the molecule is [2H]C(C)(C)c1ccc2c(c1)B1c3c(cc(-n4c5cccc6c5c5c7c(cccc7ccc54)-c4ccccc4-6)cc3-n3c4c1cc(C1CCCC1)cc4c1ccc4c(c13)C(C)(C)c1ccccc1-4)N2c1ccccc1. The highest BCUT2D eigenvalue weighted by atomic mass is 15.2. The predicted octanol–water partition coefficient (Wildman–Crippen LogP) is 16.4. The fraction of sp³-hybridized carbons (Fsp3) is 0.159. The van der Waals surface area contributed by atoms with Gasteiger partial charge in [0.25, 0.3) is 6.71 Å². The van der Waals surface area contributed by atoms with Gasteiger partial charge in [-0.3, -0.25) is 0 Å². The molecule has 0 unspecified atom stereocenters. The smallest absolute Gasteiger partial charge is 0.252 e. The highest BCUT2D eigenvalue weighted by Crippen LogP contribution is 2.55. The average Bonchev–Trinajstić information content (AvgIpc) is 4.34. The summed E-state index contributed by atoms with van der Waals surface area (Å²) in [7, 11) is 0. The van der Waals surface area contributed by atoms with Crippen LogP contribution in [-0.4, -0.2) is 15.8 Å². The first-order valence-electron chi connectivity index (χ1n) is 27.2. The Kier molecular flexibility index (Phi) is 7.64. The summed E-state index contributed by atoms with van der Waals surface area (Å²) >= 11 is 0. The topological polar surface area (TPSA) is 13.1 Å². The molecule has 10 aromatic carbocycles. The second-order valence-corrected chi connectivity index (χ2v) is 22.6. The van der Waals surface area contributed by atoms with Gasteiger partial charge in [-0.2, -0.15) is 0 Å². The Bertz CT molecular complexity index is 4520. The number of fused-ring (bicyclic) bond motifs is 14. The molecule has 0 atom stereocenters. The molecule has 4 heteroatoms. The van der Waals surface area contributed by atoms with Crippen molar-refractivity contribution in [1.29, 1.82) is 0 Å². The summed E-state index contributed by atoms with van der Waals surface area (Å²) in [6.45, 7) is 8.92. The van der Waals surface area contributed by atoms with Crippen molar-refractivity contribution in [2.24, 2.45) is 0 Å². The van der Waals surface area contributed by atoms with Gasteiger partial charge in [-0.15, -0.1) is 0 Å². The Labute approximate surface area is 427 Å². The van der Waals surface area contributed by atoms with E-state index < -0.39 is 5.89 Å². The molecule has 2 aliphatic heterocycles. The van der Waals surface area contributed by atoms with E-state index in [9.17, 15) is 1.37 Å². The van der Waals surface area contributed by atoms with Gasteiger partial charge in [-0.25, -0.2) is 0 Å². The van der Waals surface area contributed by atoms with Crippen LogP contribution in [0.3, 0.4) is 0 Å². The third-order valence-corrected chi connectivity index (χ3v) is 18.4.